The van der Waals surface area contributed by atoms with Crippen LogP contribution in [0.4, 0.5) is 10.5 Å². The average molecular weight is 215 g/mol. The van der Waals surface area contributed by atoms with Gasteiger partial charge in [-0.2, -0.15) is 9.98 Å². The van der Waals surface area contributed by atoms with Crippen LogP contribution < -0.4 is 15.6 Å². The number of benzene rings is 1. The number of piperidine rings is 1. The van der Waals surface area contributed by atoms with E-state index < -0.39 is 0 Å². The Bertz CT molecular complexity index is 544. The number of para-hydroxylation sites is 1. The van der Waals surface area contributed by atoms with Crippen molar-refractivity contribution in [2.75, 3.05) is 18.0 Å². The predicted molar refractivity (Wildman–Crippen MR) is 60.2 cm³/mol. The molecule has 16 heavy (non-hydrogen) atoms. The lowest BCUT2D eigenvalue weighted by atomic mass is 10.1. The van der Waals surface area contributed by atoms with Crippen molar-refractivity contribution >= 4 is 11.7 Å². The Kier molecular flexibility index (Phi) is 2.20. The van der Waals surface area contributed by atoms with Gasteiger partial charge in [0.2, 0.25) is 0 Å². The number of fused-ring (bicyclic) bond motifs is 1. The standard InChI is InChI=1S/C12H13N3O/c16-12-13-9-5-4-6-10(11(9)14-12)15-7-2-1-3-8-15/h4-6H,1-3,7-8H2. The molecule has 0 saturated carbocycles. The molecule has 0 bridgehead atoms. The van der Waals surface area contributed by atoms with Gasteiger partial charge >= 0.3 is 6.03 Å². The molecule has 4 nitrogen and oxygen atoms in total. The van der Waals surface area contributed by atoms with Crippen LogP contribution in [0.3, 0.4) is 0 Å². The van der Waals surface area contributed by atoms with E-state index >= 15 is 0 Å². The molecule has 0 radical (unpaired) electrons. The van der Waals surface area contributed by atoms with Crippen molar-refractivity contribution in [3.05, 3.63) is 28.9 Å². The van der Waals surface area contributed by atoms with E-state index in [4.69, 9.17) is 0 Å². The molecular formula is C12H13N3O. The lowest BCUT2D eigenvalue weighted by Gasteiger charge is -2.28. The van der Waals surface area contributed by atoms with Crippen LogP contribution in [0.25, 0.3) is 0 Å². The lowest BCUT2D eigenvalue weighted by Crippen LogP contribution is -2.36. The number of rotatable bonds is 1. The number of anilines is 1. The number of urea groups is 1. The number of carbonyl (C=O) groups excluding carboxylic acids is 1. The number of hydrogen-bond donors (Lipinski definition) is 0. The van der Waals surface area contributed by atoms with E-state index in [1.54, 1.807) is 0 Å². The molecule has 0 N–H and O–H groups in total. The van der Waals surface area contributed by atoms with E-state index in [-0.39, 0.29) is 6.03 Å². The molecule has 0 unspecified atom stereocenters. The zero-order chi connectivity index (χ0) is 11.0. The van der Waals surface area contributed by atoms with Gasteiger partial charge in [-0.1, -0.05) is 6.07 Å². The highest BCUT2D eigenvalue weighted by Gasteiger charge is 2.15. The van der Waals surface area contributed by atoms with Crippen LogP contribution in [0.5, 0.6) is 0 Å². The van der Waals surface area contributed by atoms with Gasteiger partial charge < -0.3 is 4.90 Å². The fourth-order valence-corrected chi connectivity index (χ4v) is 2.34. The Morgan fingerprint density at radius 2 is 1.88 bits per heavy atom. The molecule has 3 rings (SSSR count). The van der Waals surface area contributed by atoms with Gasteiger partial charge in [-0.3, -0.25) is 0 Å². The fraction of sp³-hybridized carbons (Fsp3) is 0.417. The fourth-order valence-electron chi connectivity index (χ4n) is 2.34. The molecule has 82 valence electrons. The smallest absolute Gasteiger partial charge is 0.368 e. The highest BCUT2D eigenvalue weighted by molar-refractivity contribution is 5.78. The van der Waals surface area contributed by atoms with Crippen molar-refractivity contribution in [2.45, 2.75) is 19.3 Å². The summed E-state index contributed by atoms with van der Waals surface area (Å²) in [5.41, 5.74) is 1.06. The Morgan fingerprint density at radius 1 is 1.06 bits per heavy atom. The van der Waals surface area contributed by atoms with Crippen LogP contribution >= 0.6 is 0 Å². The number of amides is 2. The second-order valence-corrected chi connectivity index (χ2v) is 4.20. The SMILES string of the molecule is O=C1N=c2cccc(N3CCCCC3)c2=N1. The molecule has 0 aliphatic carbocycles. The molecule has 0 spiro atoms. The van der Waals surface area contributed by atoms with Gasteiger partial charge in [0.05, 0.1) is 11.0 Å². The highest BCUT2D eigenvalue weighted by atomic mass is 16.2. The summed E-state index contributed by atoms with van der Waals surface area (Å²) in [7, 11) is 0. The molecule has 2 amide bonds. The van der Waals surface area contributed by atoms with Crippen molar-refractivity contribution in [1.82, 2.24) is 0 Å². The molecule has 1 fully saturated rings. The minimum absolute atomic E-state index is 0.376. The largest absolute Gasteiger partial charge is 0.370 e. The van der Waals surface area contributed by atoms with Gasteiger partial charge in [0.1, 0.15) is 5.36 Å². The van der Waals surface area contributed by atoms with Gasteiger partial charge in [-0.25, -0.2) is 4.79 Å². The van der Waals surface area contributed by atoms with Crippen molar-refractivity contribution in [3.63, 3.8) is 0 Å². The van der Waals surface area contributed by atoms with E-state index in [1.807, 2.05) is 18.2 Å². The highest BCUT2D eigenvalue weighted by Crippen LogP contribution is 2.15. The van der Waals surface area contributed by atoms with Gasteiger partial charge in [0.15, 0.2) is 0 Å². The molecular weight excluding hydrogens is 202 g/mol. The summed E-state index contributed by atoms with van der Waals surface area (Å²) in [6.07, 6.45) is 3.73. The summed E-state index contributed by atoms with van der Waals surface area (Å²) in [6, 6.07) is 5.44. The quantitative estimate of drug-likeness (QED) is 0.703. The third-order valence-corrected chi connectivity index (χ3v) is 3.11. The van der Waals surface area contributed by atoms with Crippen molar-refractivity contribution in [3.8, 4) is 0 Å². The van der Waals surface area contributed by atoms with Crippen LogP contribution in [0, 0.1) is 0 Å². The minimum Gasteiger partial charge on any atom is -0.370 e. The normalized spacial score (nSPS) is 19.0. The van der Waals surface area contributed by atoms with Gasteiger partial charge in [0, 0.05) is 13.1 Å². The predicted octanol–water partition coefficient (Wildman–Crippen LogP) is 1.05. The minimum atomic E-state index is -0.376. The maximum absolute atomic E-state index is 11.2. The molecule has 4 heteroatoms. The third-order valence-electron chi connectivity index (χ3n) is 3.11. The summed E-state index contributed by atoms with van der Waals surface area (Å²) >= 11 is 0. The zero-order valence-electron chi connectivity index (χ0n) is 9.02. The monoisotopic (exact) mass is 215 g/mol. The first-order valence-corrected chi connectivity index (χ1v) is 5.70. The third kappa shape index (κ3) is 1.50. The number of nitrogens with zero attached hydrogens (tertiary/aromatic N) is 3. The molecule has 2 aliphatic heterocycles. The first kappa shape index (κ1) is 9.51. The molecule has 2 heterocycles. The first-order chi connectivity index (χ1) is 7.84. The summed E-state index contributed by atoms with van der Waals surface area (Å²) in [6.45, 7) is 2.11. The number of carbonyl (C=O) groups is 1. The second kappa shape index (κ2) is 3.70. The molecule has 0 atom stereocenters. The van der Waals surface area contributed by atoms with Gasteiger partial charge in [-0.15, -0.1) is 0 Å². The maximum Gasteiger partial charge on any atom is 0.368 e. The first-order valence-electron chi connectivity index (χ1n) is 5.70. The van der Waals surface area contributed by atoms with Crippen LogP contribution in [0.1, 0.15) is 19.3 Å². The zero-order valence-corrected chi connectivity index (χ0v) is 9.02. The Morgan fingerprint density at radius 3 is 2.69 bits per heavy atom. The van der Waals surface area contributed by atoms with E-state index in [1.165, 1.54) is 19.3 Å². The van der Waals surface area contributed by atoms with Crippen molar-refractivity contribution < 1.29 is 4.79 Å². The van der Waals surface area contributed by atoms with Crippen molar-refractivity contribution in [2.24, 2.45) is 9.98 Å². The Balaban J connectivity index is 2.10. The Labute approximate surface area is 93.3 Å². The summed E-state index contributed by atoms with van der Waals surface area (Å²) in [5.74, 6) is 0. The van der Waals surface area contributed by atoms with Crippen LogP contribution in [0.2, 0.25) is 0 Å². The molecule has 2 aliphatic rings. The summed E-state index contributed by atoms with van der Waals surface area (Å²) in [4.78, 5) is 21.3. The average Bonchev–Trinajstić information content (AvgIpc) is 2.70. The molecule has 1 saturated heterocycles. The van der Waals surface area contributed by atoms with Crippen LogP contribution in [-0.2, 0) is 0 Å². The lowest BCUT2D eigenvalue weighted by molar-refractivity contribution is 0.256. The van der Waals surface area contributed by atoms with E-state index in [9.17, 15) is 4.79 Å². The van der Waals surface area contributed by atoms with E-state index in [0.717, 1.165) is 24.1 Å². The second-order valence-electron chi connectivity index (χ2n) is 4.20. The van der Waals surface area contributed by atoms with Crippen LogP contribution in [0.15, 0.2) is 28.2 Å². The maximum atomic E-state index is 11.2. The molecule has 1 aromatic carbocycles. The van der Waals surface area contributed by atoms with Crippen LogP contribution in [-0.4, -0.2) is 19.1 Å². The summed E-state index contributed by atoms with van der Waals surface area (Å²) < 4.78 is 0. The molecule has 0 aromatic heterocycles. The van der Waals surface area contributed by atoms with Gasteiger partial charge in [-0.05, 0) is 31.4 Å². The summed E-state index contributed by atoms with van der Waals surface area (Å²) in [5, 5.41) is 1.47. The van der Waals surface area contributed by atoms with E-state index in [0.29, 0.717) is 5.36 Å². The van der Waals surface area contributed by atoms with Gasteiger partial charge in [0.25, 0.3) is 0 Å². The number of hydrogen-bond acceptors (Lipinski definition) is 2. The van der Waals surface area contributed by atoms with Crippen molar-refractivity contribution in [1.29, 1.82) is 0 Å². The van der Waals surface area contributed by atoms with E-state index in [2.05, 4.69) is 14.9 Å². The topological polar surface area (TPSA) is 45.0 Å². The molecule has 1 aromatic rings. The Hall–Kier alpha value is -1.71.